The summed E-state index contributed by atoms with van der Waals surface area (Å²) in [7, 11) is 0. The van der Waals surface area contributed by atoms with Crippen LogP contribution in [0.15, 0.2) is 59.2 Å². The molecule has 100 valence electrons. The molecule has 0 saturated carbocycles. The summed E-state index contributed by atoms with van der Waals surface area (Å²) in [5, 5.41) is 2.16. The molecule has 1 heterocycles. The van der Waals surface area contributed by atoms with E-state index in [1.165, 1.54) is 5.56 Å². The van der Waals surface area contributed by atoms with E-state index in [-0.39, 0.29) is 0 Å². The normalized spacial score (nSPS) is 10.7. The molecule has 0 aliphatic rings. The van der Waals surface area contributed by atoms with E-state index >= 15 is 0 Å². The number of rotatable bonds is 3. The minimum Gasteiger partial charge on any atom is -0.472 e. The van der Waals surface area contributed by atoms with Crippen LogP contribution >= 0.6 is 15.9 Å². The maximum atomic E-state index is 5.88. The van der Waals surface area contributed by atoms with E-state index in [1.54, 1.807) is 6.20 Å². The summed E-state index contributed by atoms with van der Waals surface area (Å²) in [6.07, 6.45) is 1.78. The minimum atomic E-state index is 0.526. The highest BCUT2D eigenvalue weighted by Crippen LogP contribution is 2.30. The van der Waals surface area contributed by atoms with Crippen LogP contribution in [0.1, 0.15) is 11.1 Å². The van der Waals surface area contributed by atoms with Crippen molar-refractivity contribution >= 4 is 26.7 Å². The van der Waals surface area contributed by atoms with Crippen LogP contribution in [0.25, 0.3) is 10.8 Å². The highest BCUT2D eigenvalue weighted by molar-refractivity contribution is 9.10. The third-order valence-corrected chi connectivity index (χ3v) is 3.81. The first kappa shape index (κ1) is 13.1. The molecule has 2 nitrogen and oxygen atoms in total. The summed E-state index contributed by atoms with van der Waals surface area (Å²) in [4.78, 5) is 4.36. The Labute approximate surface area is 126 Å². The third kappa shape index (κ3) is 2.68. The molecule has 0 radical (unpaired) electrons. The average molecular weight is 328 g/mol. The van der Waals surface area contributed by atoms with E-state index in [0.29, 0.717) is 12.5 Å². The number of hydrogen-bond acceptors (Lipinski definition) is 2. The Morgan fingerprint density at radius 3 is 2.65 bits per heavy atom. The topological polar surface area (TPSA) is 22.1 Å². The van der Waals surface area contributed by atoms with Gasteiger partial charge in [-0.2, -0.15) is 0 Å². The molecule has 0 unspecified atom stereocenters. The van der Waals surface area contributed by atoms with Gasteiger partial charge in [-0.15, -0.1) is 0 Å². The van der Waals surface area contributed by atoms with E-state index in [1.807, 2.05) is 36.4 Å². The Morgan fingerprint density at radius 1 is 1.05 bits per heavy atom. The van der Waals surface area contributed by atoms with Gasteiger partial charge in [-0.05, 0) is 36.2 Å². The van der Waals surface area contributed by atoms with Crippen molar-refractivity contribution in [2.45, 2.75) is 13.5 Å². The Balaban J connectivity index is 1.95. The van der Waals surface area contributed by atoms with E-state index in [2.05, 4.69) is 40.0 Å². The standard InChI is InChI=1S/C17H14BrNO/c1-12-9-15-14(16(18)10-12)7-8-19-17(15)20-11-13-5-3-2-4-6-13/h2-10H,11H2,1H3. The van der Waals surface area contributed by atoms with Gasteiger partial charge < -0.3 is 4.74 Å². The van der Waals surface area contributed by atoms with Gasteiger partial charge in [0, 0.05) is 21.4 Å². The van der Waals surface area contributed by atoms with Crippen LogP contribution in [0.4, 0.5) is 0 Å². The summed E-state index contributed by atoms with van der Waals surface area (Å²) < 4.78 is 6.95. The van der Waals surface area contributed by atoms with E-state index < -0.39 is 0 Å². The number of aromatic nitrogens is 1. The van der Waals surface area contributed by atoms with Crippen molar-refractivity contribution in [3.8, 4) is 5.88 Å². The molecule has 20 heavy (non-hydrogen) atoms. The average Bonchev–Trinajstić information content (AvgIpc) is 2.46. The van der Waals surface area contributed by atoms with Gasteiger partial charge in [-0.1, -0.05) is 46.3 Å². The second-order valence-electron chi connectivity index (χ2n) is 4.73. The predicted octanol–water partition coefficient (Wildman–Crippen LogP) is 4.88. The van der Waals surface area contributed by atoms with Crippen molar-refractivity contribution in [1.29, 1.82) is 0 Å². The van der Waals surface area contributed by atoms with Crippen molar-refractivity contribution in [3.05, 3.63) is 70.3 Å². The lowest BCUT2D eigenvalue weighted by molar-refractivity contribution is 0.298. The second-order valence-corrected chi connectivity index (χ2v) is 5.59. The summed E-state index contributed by atoms with van der Waals surface area (Å²) in [6.45, 7) is 2.59. The minimum absolute atomic E-state index is 0.526. The molecule has 3 aromatic rings. The number of benzene rings is 2. The van der Waals surface area contributed by atoms with Gasteiger partial charge in [0.25, 0.3) is 0 Å². The predicted molar refractivity (Wildman–Crippen MR) is 85.0 cm³/mol. The first-order valence-corrected chi connectivity index (χ1v) is 7.25. The fraction of sp³-hybridized carbons (Fsp3) is 0.118. The number of halogens is 1. The lowest BCUT2D eigenvalue weighted by Crippen LogP contribution is -1.98. The lowest BCUT2D eigenvalue weighted by atomic mass is 10.1. The van der Waals surface area contributed by atoms with E-state index in [0.717, 1.165) is 20.8 Å². The smallest absolute Gasteiger partial charge is 0.221 e. The fourth-order valence-corrected chi connectivity index (χ4v) is 2.90. The fourth-order valence-electron chi connectivity index (χ4n) is 2.19. The van der Waals surface area contributed by atoms with Crippen molar-refractivity contribution in [3.63, 3.8) is 0 Å². The monoisotopic (exact) mass is 327 g/mol. The lowest BCUT2D eigenvalue weighted by Gasteiger charge is -2.10. The highest BCUT2D eigenvalue weighted by Gasteiger charge is 2.07. The number of hydrogen-bond donors (Lipinski definition) is 0. The molecule has 0 N–H and O–H groups in total. The van der Waals surface area contributed by atoms with Gasteiger partial charge >= 0.3 is 0 Å². The van der Waals surface area contributed by atoms with Gasteiger partial charge in [0.2, 0.25) is 5.88 Å². The Kier molecular flexibility index (Phi) is 3.70. The van der Waals surface area contributed by atoms with Crippen LogP contribution in [0.2, 0.25) is 0 Å². The number of ether oxygens (including phenoxy) is 1. The van der Waals surface area contributed by atoms with Crippen LogP contribution in [-0.4, -0.2) is 4.98 Å². The Hall–Kier alpha value is -1.87. The zero-order valence-electron chi connectivity index (χ0n) is 11.1. The zero-order chi connectivity index (χ0) is 13.9. The van der Waals surface area contributed by atoms with Gasteiger partial charge in [0.15, 0.2) is 0 Å². The molecule has 0 aliphatic heterocycles. The molecule has 0 aliphatic carbocycles. The van der Waals surface area contributed by atoms with Gasteiger partial charge in [0.1, 0.15) is 6.61 Å². The van der Waals surface area contributed by atoms with E-state index in [9.17, 15) is 0 Å². The summed E-state index contributed by atoms with van der Waals surface area (Å²) in [5.41, 5.74) is 2.32. The third-order valence-electron chi connectivity index (χ3n) is 3.16. The molecule has 0 bridgehead atoms. The molecule has 0 atom stereocenters. The quantitative estimate of drug-likeness (QED) is 0.683. The zero-order valence-corrected chi connectivity index (χ0v) is 12.7. The molecular formula is C17H14BrNO. The van der Waals surface area contributed by atoms with Crippen molar-refractivity contribution in [2.24, 2.45) is 0 Å². The Morgan fingerprint density at radius 2 is 1.85 bits per heavy atom. The first-order valence-electron chi connectivity index (χ1n) is 6.45. The molecule has 3 rings (SSSR count). The molecule has 0 saturated heterocycles. The van der Waals surface area contributed by atoms with E-state index in [4.69, 9.17) is 4.74 Å². The molecule has 1 aromatic heterocycles. The molecule has 2 aromatic carbocycles. The maximum absolute atomic E-state index is 5.88. The van der Waals surface area contributed by atoms with Gasteiger partial charge in [0.05, 0.1) is 0 Å². The molecular weight excluding hydrogens is 314 g/mol. The summed E-state index contributed by atoms with van der Waals surface area (Å²) >= 11 is 3.59. The largest absolute Gasteiger partial charge is 0.472 e. The highest BCUT2D eigenvalue weighted by atomic mass is 79.9. The van der Waals surface area contributed by atoms with Gasteiger partial charge in [-0.25, -0.2) is 4.98 Å². The number of pyridine rings is 1. The van der Waals surface area contributed by atoms with Crippen molar-refractivity contribution in [2.75, 3.05) is 0 Å². The molecule has 0 spiro atoms. The molecule has 3 heteroatoms. The van der Waals surface area contributed by atoms with Crippen LogP contribution < -0.4 is 4.74 Å². The molecule has 0 fully saturated rings. The van der Waals surface area contributed by atoms with Crippen LogP contribution in [0.5, 0.6) is 5.88 Å². The summed E-state index contributed by atoms with van der Waals surface area (Å²) in [6, 6.07) is 16.3. The van der Waals surface area contributed by atoms with Crippen molar-refractivity contribution in [1.82, 2.24) is 4.98 Å². The summed E-state index contributed by atoms with van der Waals surface area (Å²) in [5.74, 6) is 0.677. The molecule has 0 amide bonds. The first-order chi connectivity index (χ1) is 9.74. The number of aryl methyl sites for hydroxylation is 1. The second kappa shape index (κ2) is 5.63. The maximum Gasteiger partial charge on any atom is 0.221 e. The Bertz CT molecular complexity index is 741. The number of fused-ring (bicyclic) bond motifs is 1. The van der Waals surface area contributed by atoms with Crippen molar-refractivity contribution < 1.29 is 4.74 Å². The SMILES string of the molecule is Cc1cc(Br)c2ccnc(OCc3ccccc3)c2c1. The number of nitrogens with zero attached hydrogens (tertiary/aromatic N) is 1. The van der Waals surface area contributed by atoms with Crippen LogP contribution in [-0.2, 0) is 6.61 Å². The van der Waals surface area contributed by atoms with Crippen LogP contribution in [0, 0.1) is 6.92 Å². The van der Waals surface area contributed by atoms with Gasteiger partial charge in [-0.3, -0.25) is 0 Å². The van der Waals surface area contributed by atoms with Crippen LogP contribution in [0.3, 0.4) is 0 Å².